The van der Waals surface area contributed by atoms with Crippen LogP contribution in [-0.2, 0) is 9.31 Å². The molecule has 0 atom stereocenters. The van der Waals surface area contributed by atoms with Crippen LogP contribution in [0.25, 0.3) is 0 Å². The molecule has 0 unspecified atom stereocenters. The van der Waals surface area contributed by atoms with Crippen LogP contribution in [0.1, 0.15) is 39.2 Å². The van der Waals surface area contributed by atoms with Crippen LogP contribution >= 0.6 is 0 Å². The van der Waals surface area contributed by atoms with E-state index in [1.54, 1.807) is 12.4 Å². The number of hydrogen-bond acceptors (Lipinski definition) is 4. The van der Waals surface area contributed by atoms with Gasteiger partial charge in [0, 0.05) is 42.4 Å². The van der Waals surface area contributed by atoms with Gasteiger partial charge in [-0.1, -0.05) is 0 Å². The molecule has 0 saturated carbocycles. The lowest BCUT2D eigenvalue weighted by Gasteiger charge is -2.32. The highest BCUT2D eigenvalue weighted by Gasteiger charge is 2.52. The molecule has 2 aliphatic heterocycles. The molecule has 1 aromatic heterocycles. The molecule has 0 spiro atoms. The second-order valence-electron chi connectivity index (χ2n) is 6.64. The van der Waals surface area contributed by atoms with Crippen molar-refractivity contribution in [2.24, 2.45) is 0 Å². The standard InChI is InChI=1S/C14H21BN2O3/c1-13(2)14(3,4)20-15(19-13)11-8-17-7-10(12(11)18)9-5-16-6-9/h7-9,16H,5-6H2,1-4H3,(H,17,18). The first-order valence-corrected chi connectivity index (χ1v) is 7.09. The number of aromatic nitrogens is 1. The molecular formula is C14H21BN2O3. The quantitative estimate of drug-likeness (QED) is 0.766. The maximum Gasteiger partial charge on any atom is 0.500 e. The van der Waals surface area contributed by atoms with Gasteiger partial charge in [0.1, 0.15) is 0 Å². The highest BCUT2D eigenvalue weighted by atomic mass is 16.7. The number of hydrogen-bond donors (Lipinski definition) is 2. The number of rotatable bonds is 2. The van der Waals surface area contributed by atoms with Crippen LogP contribution in [-0.4, -0.2) is 36.4 Å². The van der Waals surface area contributed by atoms with Crippen molar-refractivity contribution in [3.05, 3.63) is 28.2 Å². The van der Waals surface area contributed by atoms with Crippen LogP contribution in [0.4, 0.5) is 0 Å². The Kier molecular flexibility index (Phi) is 3.08. The summed E-state index contributed by atoms with van der Waals surface area (Å²) in [5.74, 6) is 0.293. The van der Waals surface area contributed by atoms with Gasteiger partial charge in [0.15, 0.2) is 5.43 Å². The van der Waals surface area contributed by atoms with Crippen molar-refractivity contribution < 1.29 is 9.31 Å². The second-order valence-corrected chi connectivity index (χ2v) is 6.64. The number of aromatic amines is 1. The number of nitrogens with one attached hydrogen (secondary N) is 2. The molecular weight excluding hydrogens is 255 g/mol. The molecule has 0 bridgehead atoms. The zero-order valence-electron chi connectivity index (χ0n) is 12.4. The van der Waals surface area contributed by atoms with Gasteiger partial charge in [-0.15, -0.1) is 0 Å². The molecule has 2 fully saturated rings. The van der Waals surface area contributed by atoms with E-state index in [4.69, 9.17) is 9.31 Å². The van der Waals surface area contributed by atoms with E-state index in [1.807, 2.05) is 27.7 Å². The Labute approximate surface area is 119 Å². The van der Waals surface area contributed by atoms with Gasteiger partial charge in [0.05, 0.1) is 11.2 Å². The summed E-state index contributed by atoms with van der Waals surface area (Å²) in [6.45, 7) is 9.66. The third kappa shape index (κ3) is 2.03. The van der Waals surface area contributed by atoms with E-state index in [1.165, 1.54) is 0 Å². The Morgan fingerprint density at radius 3 is 2.25 bits per heavy atom. The van der Waals surface area contributed by atoms with Crippen molar-refractivity contribution in [1.29, 1.82) is 0 Å². The van der Waals surface area contributed by atoms with Crippen molar-refractivity contribution in [2.45, 2.75) is 44.8 Å². The molecule has 0 amide bonds. The Bertz CT molecular complexity index is 562. The van der Waals surface area contributed by atoms with Gasteiger partial charge in [0.2, 0.25) is 0 Å². The highest BCUT2D eigenvalue weighted by Crippen LogP contribution is 2.36. The van der Waals surface area contributed by atoms with Crippen LogP contribution in [0.5, 0.6) is 0 Å². The third-order valence-electron chi connectivity index (χ3n) is 4.73. The Balaban J connectivity index is 1.94. The molecule has 0 radical (unpaired) electrons. The van der Waals surface area contributed by atoms with E-state index in [0.717, 1.165) is 18.7 Å². The van der Waals surface area contributed by atoms with Gasteiger partial charge in [-0.05, 0) is 27.7 Å². The normalized spacial score (nSPS) is 24.7. The topological polar surface area (TPSA) is 63.3 Å². The van der Waals surface area contributed by atoms with Crippen molar-refractivity contribution in [3.63, 3.8) is 0 Å². The zero-order chi connectivity index (χ0) is 14.5. The Morgan fingerprint density at radius 2 is 1.75 bits per heavy atom. The highest BCUT2D eigenvalue weighted by molar-refractivity contribution is 6.61. The summed E-state index contributed by atoms with van der Waals surface area (Å²) in [7, 11) is -0.600. The summed E-state index contributed by atoms with van der Waals surface area (Å²) < 4.78 is 11.9. The van der Waals surface area contributed by atoms with Crippen LogP contribution in [0.3, 0.4) is 0 Å². The summed E-state index contributed by atoms with van der Waals surface area (Å²) in [6.07, 6.45) is 3.49. The fourth-order valence-electron chi connectivity index (χ4n) is 2.48. The Morgan fingerprint density at radius 1 is 1.15 bits per heavy atom. The predicted molar refractivity (Wildman–Crippen MR) is 78.4 cm³/mol. The molecule has 3 heterocycles. The molecule has 20 heavy (non-hydrogen) atoms. The summed E-state index contributed by atoms with van der Waals surface area (Å²) in [5, 5.41) is 3.19. The largest absolute Gasteiger partial charge is 0.500 e. The molecule has 6 heteroatoms. The van der Waals surface area contributed by atoms with E-state index >= 15 is 0 Å². The number of H-pyrrole nitrogens is 1. The summed E-state index contributed by atoms with van der Waals surface area (Å²) >= 11 is 0. The molecule has 3 rings (SSSR count). The SMILES string of the molecule is CC1(C)OB(c2c[nH]cc(C3CNC3)c2=O)OC1(C)C. The van der Waals surface area contributed by atoms with Crippen LogP contribution in [0.2, 0.25) is 0 Å². The molecule has 0 aromatic carbocycles. The maximum absolute atomic E-state index is 12.6. The first-order chi connectivity index (χ1) is 9.32. The summed E-state index contributed by atoms with van der Waals surface area (Å²) in [4.78, 5) is 15.7. The van der Waals surface area contributed by atoms with E-state index in [2.05, 4.69) is 10.3 Å². The molecule has 0 aliphatic carbocycles. The molecule has 2 saturated heterocycles. The first-order valence-electron chi connectivity index (χ1n) is 7.09. The van der Waals surface area contributed by atoms with Gasteiger partial charge in [-0.2, -0.15) is 0 Å². The van der Waals surface area contributed by atoms with Gasteiger partial charge in [-0.3, -0.25) is 4.79 Å². The van der Waals surface area contributed by atoms with Gasteiger partial charge in [-0.25, -0.2) is 0 Å². The van der Waals surface area contributed by atoms with Crippen LogP contribution in [0.15, 0.2) is 17.2 Å². The number of pyridine rings is 1. The minimum absolute atomic E-state index is 0.0359. The molecule has 108 valence electrons. The fraction of sp³-hybridized carbons (Fsp3) is 0.643. The first kappa shape index (κ1) is 13.9. The average molecular weight is 276 g/mol. The van der Waals surface area contributed by atoms with Gasteiger partial charge >= 0.3 is 7.12 Å². The minimum atomic E-state index is -0.600. The molecule has 2 aliphatic rings. The Hall–Kier alpha value is -1.11. The summed E-state index contributed by atoms with van der Waals surface area (Å²) in [6, 6.07) is 0. The third-order valence-corrected chi connectivity index (χ3v) is 4.73. The van der Waals surface area contributed by atoms with E-state index < -0.39 is 18.3 Å². The smallest absolute Gasteiger partial charge is 0.399 e. The minimum Gasteiger partial charge on any atom is -0.399 e. The lowest BCUT2D eigenvalue weighted by Crippen LogP contribution is -2.49. The molecule has 5 nitrogen and oxygen atoms in total. The summed E-state index contributed by atoms with van der Waals surface area (Å²) in [5.41, 5.74) is 0.550. The van der Waals surface area contributed by atoms with Crippen LogP contribution < -0.4 is 16.2 Å². The van der Waals surface area contributed by atoms with E-state index in [0.29, 0.717) is 11.4 Å². The monoisotopic (exact) mass is 276 g/mol. The van der Waals surface area contributed by atoms with Crippen LogP contribution in [0, 0.1) is 0 Å². The molecule has 2 N–H and O–H groups in total. The van der Waals surface area contributed by atoms with Gasteiger partial charge < -0.3 is 19.6 Å². The van der Waals surface area contributed by atoms with Crippen molar-refractivity contribution >= 4 is 12.6 Å². The predicted octanol–water partition coefficient (Wildman–Crippen LogP) is 0.361. The van der Waals surface area contributed by atoms with E-state index in [9.17, 15) is 4.79 Å². The van der Waals surface area contributed by atoms with Crippen molar-refractivity contribution in [1.82, 2.24) is 10.3 Å². The lowest BCUT2D eigenvalue weighted by atomic mass is 9.78. The lowest BCUT2D eigenvalue weighted by molar-refractivity contribution is 0.00578. The zero-order valence-corrected chi connectivity index (χ0v) is 12.4. The average Bonchev–Trinajstić information content (AvgIpc) is 2.48. The van der Waals surface area contributed by atoms with Crippen molar-refractivity contribution in [2.75, 3.05) is 13.1 Å². The van der Waals surface area contributed by atoms with Gasteiger partial charge in [0.25, 0.3) is 0 Å². The van der Waals surface area contributed by atoms with Crippen molar-refractivity contribution in [3.8, 4) is 0 Å². The molecule has 1 aromatic rings. The fourth-order valence-corrected chi connectivity index (χ4v) is 2.48. The maximum atomic E-state index is 12.6. The van der Waals surface area contributed by atoms with E-state index in [-0.39, 0.29) is 5.43 Å². The second kappa shape index (κ2) is 4.45.